The van der Waals surface area contributed by atoms with Crippen LogP contribution in [0.5, 0.6) is 0 Å². The molecule has 3 aliphatic rings. The minimum absolute atomic E-state index is 0. The van der Waals surface area contributed by atoms with E-state index in [2.05, 4.69) is 48.1 Å². The first-order chi connectivity index (χ1) is 16.9. The highest BCUT2D eigenvalue weighted by atomic mass is 35.5. The van der Waals surface area contributed by atoms with Crippen LogP contribution >= 0.6 is 12.4 Å². The molecule has 0 radical (unpaired) electrons. The van der Waals surface area contributed by atoms with E-state index < -0.39 is 0 Å². The van der Waals surface area contributed by atoms with Gasteiger partial charge in [0.05, 0.1) is 17.3 Å². The molecule has 36 heavy (non-hydrogen) atoms. The van der Waals surface area contributed by atoms with Gasteiger partial charge in [0.15, 0.2) is 0 Å². The summed E-state index contributed by atoms with van der Waals surface area (Å²) in [6.45, 7) is 8.80. The van der Waals surface area contributed by atoms with Crippen LogP contribution in [0.2, 0.25) is 0 Å². The number of likely N-dealkylation sites (N-methyl/N-ethyl adjacent to an activating group) is 1. The van der Waals surface area contributed by atoms with Crippen LogP contribution < -0.4 is 10.2 Å². The summed E-state index contributed by atoms with van der Waals surface area (Å²) in [7, 11) is 2.12. The molecule has 7 heteroatoms. The predicted octanol–water partition coefficient (Wildman–Crippen LogP) is 5.07. The number of carbonyl (C=O) groups excluding carboxylic acids is 2. The highest BCUT2D eigenvalue weighted by Gasteiger charge is 2.34. The lowest BCUT2D eigenvalue weighted by Crippen LogP contribution is -2.49. The summed E-state index contributed by atoms with van der Waals surface area (Å²) in [5, 5.41) is 3.09. The van der Waals surface area contributed by atoms with Crippen molar-refractivity contribution in [2.45, 2.75) is 39.2 Å². The number of nitrogens with one attached hydrogen (secondary N) is 1. The summed E-state index contributed by atoms with van der Waals surface area (Å²) in [6, 6.07) is 16.2. The lowest BCUT2D eigenvalue weighted by atomic mass is 9.91. The van der Waals surface area contributed by atoms with Crippen LogP contribution in [0, 0.1) is 17.8 Å². The van der Waals surface area contributed by atoms with Crippen molar-refractivity contribution in [3.05, 3.63) is 59.7 Å². The van der Waals surface area contributed by atoms with Gasteiger partial charge in [-0.1, -0.05) is 44.2 Å². The van der Waals surface area contributed by atoms with E-state index in [1.165, 1.54) is 12.0 Å². The van der Waals surface area contributed by atoms with Gasteiger partial charge in [-0.3, -0.25) is 9.59 Å². The molecule has 0 spiro atoms. The molecule has 0 bridgehead atoms. The maximum atomic E-state index is 14.2. The Morgan fingerprint density at radius 3 is 2.28 bits per heavy atom. The summed E-state index contributed by atoms with van der Waals surface area (Å²) in [4.78, 5) is 33.3. The number of anilines is 2. The molecule has 2 aromatic rings. The Labute approximate surface area is 221 Å². The summed E-state index contributed by atoms with van der Waals surface area (Å²) in [5.74, 6) is 1.44. The third kappa shape index (κ3) is 5.87. The molecule has 0 aromatic heterocycles. The fourth-order valence-electron chi connectivity index (χ4n) is 5.78. The Morgan fingerprint density at radius 2 is 1.61 bits per heavy atom. The molecule has 3 unspecified atom stereocenters. The van der Waals surface area contributed by atoms with Crippen molar-refractivity contribution in [1.29, 1.82) is 0 Å². The molecule has 2 amide bonds. The standard InChI is InChI=1S/C29H38N4O2.ClH/c1-20-15-21(2)18-32(17-20)26-16-24(30-28(34)23-9-10-23)11-12-25(26)29(35)33-14-13-31(3)19-27(33)22-7-5-4-6-8-22;/h4-8,11-12,16,20-21,23,27H,9-10,13-15,17-19H2,1-3H3,(H,30,34);1H. The van der Waals surface area contributed by atoms with Crippen molar-refractivity contribution in [3.8, 4) is 0 Å². The zero-order chi connectivity index (χ0) is 24.5. The molecule has 1 N–H and O–H groups in total. The van der Waals surface area contributed by atoms with Crippen LogP contribution in [0.4, 0.5) is 11.4 Å². The number of hydrogen-bond acceptors (Lipinski definition) is 4. The monoisotopic (exact) mass is 510 g/mol. The lowest BCUT2D eigenvalue weighted by Gasteiger charge is -2.42. The first kappa shape index (κ1) is 26.5. The van der Waals surface area contributed by atoms with Gasteiger partial charge in [-0.25, -0.2) is 0 Å². The third-order valence-electron chi connectivity index (χ3n) is 7.68. The second-order valence-electron chi connectivity index (χ2n) is 11.0. The van der Waals surface area contributed by atoms with Gasteiger partial charge in [0.2, 0.25) is 5.91 Å². The quantitative estimate of drug-likeness (QED) is 0.610. The van der Waals surface area contributed by atoms with Crippen LogP contribution in [-0.2, 0) is 4.79 Å². The fourth-order valence-corrected chi connectivity index (χ4v) is 5.78. The Kier molecular flexibility index (Phi) is 8.26. The Balaban J connectivity index is 0.00000304. The normalized spacial score (nSPS) is 24.7. The largest absolute Gasteiger partial charge is 0.370 e. The second kappa shape index (κ2) is 11.2. The van der Waals surface area contributed by atoms with Crippen LogP contribution in [-0.4, -0.2) is 61.4 Å². The molecule has 194 valence electrons. The van der Waals surface area contributed by atoms with Crippen LogP contribution in [0.15, 0.2) is 48.5 Å². The predicted molar refractivity (Wildman–Crippen MR) is 148 cm³/mol. The van der Waals surface area contributed by atoms with Gasteiger partial charge in [0.25, 0.3) is 5.91 Å². The summed E-state index contributed by atoms with van der Waals surface area (Å²) >= 11 is 0. The van der Waals surface area contributed by atoms with E-state index in [1.807, 2.05) is 41.3 Å². The maximum absolute atomic E-state index is 14.2. The molecule has 3 atom stereocenters. The number of piperazine rings is 1. The molecule has 2 heterocycles. The van der Waals surface area contributed by atoms with E-state index in [4.69, 9.17) is 0 Å². The van der Waals surface area contributed by atoms with Crippen LogP contribution in [0.1, 0.15) is 55.1 Å². The average Bonchev–Trinajstić information content (AvgIpc) is 3.69. The Hall–Kier alpha value is -2.57. The molecule has 6 nitrogen and oxygen atoms in total. The smallest absolute Gasteiger partial charge is 0.256 e. The van der Waals surface area contributed by atoms with Crippen LogP contribution in [0.25, 0.3) is 0 Å². The zero-order valence-corrected chi connectivity index (χ0v) is 22.5. The highest BCUT2D eigenvalue weighted by molar-refractivity contribution is 6.02. The number of rotatable bonds is 5. The van der Waals surface area contributed by atoms with Gasteiger partial charge in [-0.05, 0) is 61.9 Å². The van der Waals surface area contributed by atoms with Crippen molar-refractivity contribution in [2.75, 3.05) is 50.0 Å². The van der Waals surface area contributed by atoms with Gasteiger partial charge >= 0.3 is 0 Å². The highest BCUT2D eigenvalue weighted by Crippen LogP contribution is 2.35. The molecule has 3 fully saturated rings. The lowest BCUT2D eigenvalue weighted by molar-refractivity contribution is -0.117. The summed E-state index contributed by atoms with van der Waals surface area (Å²) in [5.41, 5.74) is 3.65. The van der Waals surface area contributed by atoms with Crippen molar-refractivity contribution >= 4 is 35.6 Å². The van der Waals surface area contributed by atoms with E-state index in [9.17, 15) is 9.59 Å². The zero-order valence-electron chi connectivity index (χ0n) is 21.7. The second-order valence-corrected chi connectivity index (χ2v) is 11.0. The maximum Gasteiger partial charge on any atom is 0.256 e. The molecule has 1 aliphatic carbocycles. The SMILES string of the molecule is CC1CC(C)CN(c2cc(NC(=O)C3CC3)ccc2C(=O)N2CCN(C)CC2c2ccccc2)C1.Cl. The minimum atomic E-state index is 0. The number of hydrogen-bond donors (Lipinski definition) is 1. The minimum Gasteiger partial charge on any atom is -0.370 e. The van der Waals surface area contributed by atoms with E-state index in [-0.39, 0.29) is 36.2 Å². The number of benzene rings is 2. The van der Waals surface area contributed by atoms with Gasteiger partial charge < -0.3 is 20.0 Å². The van der Waals surface area contributed by atoms with E-state index in [0.29, 0.717) is 18.4 Å². The number of piperidine rings is 1. The average molecular weight is 511 g/mol. The first-order valence-corrected chi connectivity index (χ1v) is 13.1. The van der Waals surface area contributed by atoms with Gasteiger partial charge in [-0.2, -0.15) is 0 Å². The van der Waals surface area contributed by atoms with E-state index in [1.54, 1.807) is 0 Å². The molecule has 2 aliphatic heterocycles. The molecule has 2 aromatic carbocycles. The topological polar surface area (TPSA) is 55.9 Å². The van der Waals surface area contributed by atoms with Crippen molar-refractivity contribution < 1.29 is 9.59 Å². The first-order valence-electron chi connectivity index (χ1n) is 13.1. The van der Waals surface area contributed by atoms with Crippen molar-refractivity contribution in [1.82, 2.24) is 9.80 Å². The van der Waals surface area contributed by atoms with Gasteiger partial charge in [0, 0.05) is 44.3 Å². The summed E-state index contributed by atoms with van der Waals surface area (Å²) in [6.07, 6.45) is 3.15. The molecular formula is C29H39ClN4O2. The van der Waals surface area contributed by atoms with Gasteiger partial charge in [-0.15, -0.1) is 12.4 Å². The molecular weight excluding hydrogens is 472 g/mol. The Bertz CT molecular complexity index is 1060. The van der Waals surface area contributed by atoms with E-state index >= 15 is 0 Å². The van der Waals surface area contributed by atoms with Crippen molar-refractivity contribution in [3.63, 3.8) is 0 Å². The molecule has 1 saturated carbocycles. The molecule has 5 rings (SSSR count). The van der Waals surface area contributed by atoms with Gasteiger partial charge in [0.1, 0.15) is 0 Å². The van der Waals surface area contributed by atoms with E-state index in [0.717, 1.165) is 56.0 Å². The van der Waals surface area contributed by atoms with Crippen LogP contribution in [0.3, 0.4) is 0 Å². The number of halogens is 1. The Morgan fingerprint density at radius 1 is 0.917 bits per heavy atom. The molecule has 2 saturated heterocycles. The third-order valence-corrected chi connectivity index (χ3v) is 7.68. The summed E-state index contributed by atoms with van der Waals surface area (Å²) < 4.78 is 0. The fraction of sp³-hybridized carbons (Fsp3) is 0.517. The number of carbonyl (C=O) groups is 2. The number of amides is 2. The van der Waals surface area contributed by atoms with Crippen molar-refractivity contribution in [2.24, 2.45) is 17.8 Å². The number of nitrogens with zero attached hydrogens (tertiary/aromatic N) is 3.